The van der Waals surface area contributed by atoms with Gasteiger partial charge >= 0.3 is 12.2 Å². The molecule has 2 aliphatic heterocycles. The topological polar surface area (TPSA) is 79.3 Å². The third kappa shape index (κ3) is 3.59. The highest BCUT2D eigenvalue weighted by Gasteiger charge is 2.36. The number of carbonyl (C=O) groups is 2. The molecule has 1 unspecified atom stereocenters. The molecule has 0 spiro atoms. The zero-order valence-corrected chi connectivity index (χ0v) is 16.0. The first-order valence-electron chi connectivity index (χ1n) is 9.46. The van der Waals surface area contributed by atoms with E-state index in [0.29, 0.717) is 42.9 Å². The Morgan fingerprint density at radius 1 is 1.33 bits per heavy atom. The van der Waals surface area contributed by atoms with Gasteiger partial charge in [0.15, 0.2) is 0 Å². The van der Waals surface area contributed by atoms with E-state index in [1.807, 2.05) is 0 Å². The molecule has 0 radical (unpaired) electrons. The minimum absolute atomic E-state index is 0.0956. The molecule has 30 heavy (non-hydrogen) atoms. The fraction of sp³-hybridized carbons (Fsp3) is 0.421. The van der Waals surface area contributed by atoms with Gasteiger partial charge in [-0.1, -0.05) is 0 Å². The Balaban J connectivity index is 1.58. The monoisotopic (exact) mass is 425 g/mol. The van der Waals surface area contributed by atoms with Crippen LogP contribution in [0.3, 0.4) is 0 Å². The number of hydrogen-bond donors (Lipinski definition) is 2. The molecule has 3 heterocycles. The molecule has 0 fully saturated rings. The van der Waals surface area contributed by atoms with Crippen LogP contribution in [-0.2, 0) is 25.7 Å². The molecule has 1 aromatic heterocycles. The van der Waals surface area contributed by atoms with Gasteiger partial charge in [0, 0.05) is 36.8 Å². The maximum Gasteiger partial charge on any atom is 0.419 e. The molecule has 0 bridgehead atoms. The van der Waals surface area contributed by atoms with Crippen LogP contribution in [0.5, 0.6) is 0 Å². The van der Waals surface area contributed by atoms with E-state index in [0.717, 1.165) is 18.2 Å². The van der Waals surface area contributed by atoms with Crippen molar-refractivity contribution >= 4 is 17.6 Å². The van der Waals surface area contributed by atoms with Crippen LogP contribution in [-0.4, -0.2) is 39.2 Å². The lowest BCUT2D eigenvalue weighted by molar-refractivity contribution is -0.139. The van der Waals surface area contributed by atoms with Crippen LogP contribution >= 0.6 is 0 Å². The quantitative estimate of drug-likeness (QED) is 0.689. The minimum atomic E-state index is -4.87. The molecule has 1 atom stereocenters. The molecule has 2 aliphatic rings. The van der Waals surface area contributed by atoms with E-state index < -0.39 is 23.6 Å². The number of halogens is 4. The largest absolute Gasteiger partial charge is 0.419 e. The lowest BCUT2D eigenvalue weighted by atomic mass is 9.99. The van der Waals surface area contributed by atoms with Gasteiger partial charge in [-0.05, 0) is 31.5 Å². The van der Waals surface area contributed by atoms with Crippen molar-refractivity contribution in [2.75, 3.05) is 11.9 Å². The zero-order valence-electron chi connectivity index (χ0n) is 16.0. The van der Waals surface area contributed by atoms with E-state index >= 15 is 0 Å². The maximum atomic E-state index is 13.5. The van der Waals surface area contributed by atoms with Gasteiger partial charge in [0.05, 0.1) is 17.8 Å². The fourth-order valence-electron chi connectivity index (χ4n) is 3.81. The highest BCUT2D eigenvalue weighted by atomic mass is 19.4. The average molecular weight is 425 g/mol. The summed E-state index contributed by atoms with van der Waals surface area (Å²) in [6.45, 7) is 3.00. The van der Waals surface area contributed by atoms with Gasteiger partial charge in [-0.3, -0.25) is 9.48 Å². The standard InChI is InChI=1S/C19H19F4N5O2/c1-10-7-15-12(16-17(29)24-5-2-6-28(16)26-15)9-27(10)18(30)25-11-3-4-14(20)13(8-11)19(21,22)23/h3-4,8,10H,2,5-7,9H2,1H3,(H,24,29)(H,25,30). The van der Waals surface area contributed by atoms with Gasteiger partial charge in [0.25, 0.3) is 5.91 Å². The third-order valence-corrected chi connectivity index (χ3v) is 5.31. The van der Waals surface area contributed by atoms with Crippen molar-refractivity contribution in [2.45, 2.75) is 45.1 Å². The molecule has 1 aromatic carbocycles. The van der Waals surface area contributed by atoms with Crippen LogP contribution in [0, 0.1) is 5.82 Å². The molecule has 160 valence electrons. The van der Waals surface area contributed by atoms with Crippen molar-refractivity contribution < 1.29 is 27.2 Å². The molecular formula is C19H19F4N5O2. The number of rotatable bonds is 1. The number of nitrogens with zero attached hydrogens (tertiary/aromatic N) is 3. The Morgan fingerprint density at radius 2 is 2.10 bits per heavy atom. The fourth-order valence-corrected chi connectivity index (χ4v) is 3.81. The maximum absolute atomic E-state index is 13.5. The van der Waals surface area contributed by atoms with Gasteiger partial charge in [-0.15, -0.1) is 0 Å². The van der Waals surface area contributed by atoms with Gasteiger partial charge in [-0.2, -0.15) is 18.3 Å². The second-order valence-electron chi connectivity index (χ2n) is 7.41. The number of alkyl halides is 3. The Labute approximate surface area is 169 Å². The number of amides is 3. The van der Waals surface area contributed by atoms with Crippen LogP contribution in [0.25, 0.3) is 0 Å². The normalized spacial score (nSPS) is 18.9. The Hall–Kier alpha value is -3.11. The Bertz CT molecular complexity index is 1020. The van der Waals surface area contributed by atoms with Gasteiger partial charge < -0.3 is 15.5 Å². The molecule has 11 heteroatoms. The summed E-state index contributed by atoms with van der Waals surface area (Å²) in [5.74, 6) is -1.67. The number of anilines is 1. The number of aryl methyl sites for hydroxylation is 1. The summed E-state index contributed by atoms with van der Waals surface area (Å²) in [5.41, 5.74) is 0.164. The second kappa shape index (κ2) is 7.29. The van der Waals surface area contributed by atoms with E-state index in [9.17, 15) is 27.2 Å². The van der Waals surface area contributed by atoms with E-state index in [2.05, 4.69) is 15.7 Å². The molecule has 4 rings (SSSR count). The summed E-state index contributed by atoms with van der Waals surface area (Å²) in [6.07, 6.45) is -3.72. The number of carbonyl (C=O) groups excluding carboxylic acids is 2. The van der Waals surface area contributed by atoms with Crippen molar-refractivity contribution in [3.05, 3.63) is 46.5 Å². The molecule has 7 nitrogen and oxygen atoms in total. The lowest BCUT2D eigenvalue weighted by Gasteiger charge is -2.33. The summed E-state index contributed by atoms with van der Waals surface area (Å²) in [5, 5.41) is 9.71. The highest BCUT2D eigenvalue weighted by Crippen LogP contribution is 2.33. The van der Waals surface area contributed by atoms with E-state index in [1.165, 1.54) is 4.90 Å². The SMILES string of the molecule is CC1Cc2nn3c(c2CN1C(=O)Nc1ccc(F)c(C(F)(F)F)c1)C(=O)NCCC3. The van der Waals surface area contributed by atoms with Crippen LogP contribution in [0.2, 0.25) is 0 Å². The second-order valence-corrected chi connectivity index (χ2v) is 7.41. The number of fused-ring (bicyclic) bond motifs is 3. The summed E-state index contributed by atoms with van der Waals surface area (Å²) in [4.78, 5) is 26.6. The van der Waals surface area contributed by atoms with Crippen molar-refractivity contribution in [2.24, 2.45) is 0 Å². The van der Waals surface area contributed by atoms with E-state index in [1.54, 1.807) is 11.6 Å². The predicted octanol–water partition coefficient (Wildman–Crippen LogP) is 3.15. The molecule has 0 saturated carbocycles. The predicted molar refractivity (Wildman–Crippen MR) is 98.3 cm³/mol. The van der Waals surface area contributed by atoms with Crippen molar-refractivity contribution in [3.63, 3.8) is 0 Å². The van der Waals surface area contributed by atoms with Crippen LogP contribution in [0.1, 0.15) is 40.7 Å². The lowest BCUT2D eigenvalue weighted by Crippen LogP contribution is -2.45. The van der Waals surface area contributed by atoms with Crippen LogP contribution < -0.4 is 10.6 Å². The smallest absolute Gasteiger partial charge is 0.351 e. The number of hydrogen-bond acceptors (Lipinski definition) is 3. The zero-order chi connectivity index (χ0) is 21.6. The number of benzene rings is 1. The Kier molecular flexibility index (Phi) is 4.91. The summed E-state index contributed by atoms with van der Waals surface area (Å²) in [6, 6.07) is 1.37. The summed E-state index contributed by atoms with van der Waals surface area (Å²) in [7, 11) is 0. The number of nitrogens with one attached hydrogen (secondary N) is 2. The summed E-state index contributed by atoms with van der Waals surface area (Å²) < 4.78 is 53.9. The third-order valence-electron chi connectivity index (χ3n) is 5.31. The number of aromatic nitrogens is 2. The molecule has 0 aliphatic carbocycles. The van der Waals surface area contributed by atoms with Crippen LogP contribution in [0.4, 0.5) is 28.0 Å². The van der Waals surface area contributed by atoms with Gasteiger partial charge in [0.1, 0.15) is 11.5 Å². The summed E-state index contributed by atoms with van der Waals surface area (Å²) >= 11 is 0. The van der Waals surface area contributed by atoms with Crippen molar-refractivity contribution in [1.82, 2.24) is 20.0 Å². The molecule has 2 N–H and O–H groups in total. The first-order chi connectivity index (χ1) is 14.1. The van der Waals surface area contributed by atoms with E-state index in [-0.39, 0.29) is 24.2 Å². The highest BCUT2D eigenvalue weighted by molar-refractivity contribution is 5.95. The average Bonchev–Trinajstić information content (AvgIpc) is 2.91. The van der Waals surface area contributed by atoms with Crippen LogP contribution in [0.15, 0.2) is 18.2 Å². The molecular weight excluding hydrogens is 406 g/mol. The van der Waals surface area contributed by atoms with Crippen molar-refractivity contribution in [1.29, 1.82) is 0 Å². The first kappa shape index (κ1) is 20.2. The molecule has 2 aromatic rings. The van der Waals surface area contributed by atoms with E-state index in [4.69, 9.17) is 0 Å². The van der Waals surface area contributed by atoms with Gasteiger partial charge in [0.2, 0.25) is 0 Å². The molecule has 0 saturated heterocycles. The van der Waals surface area contributed by atoms with Gasteiger partial charge in [-0.25, -0.2) is 9.18 Å². The Morgan fingerprint density at radius 3 is 2.83 bits per heavy atom. The van der Waals surface area contributed by atoms with Crippen molar-refractivity contribution in [3.8, 4) is 0 Å². The molecule has 3 amide bonds. The first-order valence-corrected chi connectivity index (χ1v) is 9.46. The minimum Gasteiger partial charge on any atom is -0.351 e. The number of urea groups is 1.